The van der Waals surface area contributed by atoms with E-state index in [1.165, 1.54) is 0 Å². The average Bonchev–Trinajstić information content (AvgIpc) is 2.41. The number of hydrogen-bond acceptors (Lipinski definition) is 3. The predicted molar refractivity (Wildman–Crippen MR) is 86.3 cm³/mol. The molecule has 114 valence electrons. The Hall–Kier alpha value is -1.23. The molecular weight excluding hydrogens is 289 g/mol. The Kier molecular flexibility index (Phi) is 5.14. The van der Waals surface area contributed by atoms with Crippen LogP contribution in [0.2, 0.25) is 0 Å². The van der Waals surface area contributed by atoms with Crippen molar-refractivity contribution < 1.29 is 4.39 Å². The Morgan fingerprint density at radius 2 is 1.95 bits per heavy atom. The van der Waals surface area contributed by atoms with Crippen LogP contribution in [-0.2, 0) is 6.54 Å². The molecule has 0 saturated carbocycles. The highest BCUT2D eigenvalue weighted by atomic mass is 35.5. The molecule has 2 heterocycles. The molecule has 0 bridgehead atoms. The molecule has 21 heavy (non-hydrogen) atoms. The monoisotopic (exact) mass is 309 g/mol. The Morgan fingerprint density at radius 3 is 2.67 bits per heavy atom. The van der Waals surface area contributed by atoms with Crippen molar-refractivity contribution in [2.75, 3.05) is 13.1 Å². The van der Waals surface area contributed by atoms with Crippen LogP contribution in [0, 0.1) is 5.82 Å². The van der Waals surface area contributed by atoms with Crippen LogP contribution >= 0.6 is 12.4 Å². The van der Waals surface area contributed by atoms with Crippen LogP contribution in [0.3, 0.4) is 0 Å². The number of aromatic nitrogens is 1. The van der Waals surface area contributed by atoms with Crippen molar-refractivity contribution >= 4 is 23.3 Å². The van der Waals surface area contributed by atoms with Gasteiger partial charge in [0.05, 0.1) is 5.52 Å². The first-order chi connectivity index (χ1) is 9.63. The Morgan fingerprint density at radius 1 is 1.24 bits per heavy atom. The van der Waals surface area contributed by atoms with Gasteiger partial charge in [0.2, 0.25) is 0 Å². The number of hydrogen-bond donors (Lipinski definition) is 1. The van der Waals surface area contributed by atoms with Gasteiger partial charge in [-0.25, -0.2) is 4.39 Å². The highest BCUT2D eigenvalue weighted by Gasteiger charge is 2.21. The van der Waals surface area contributed by atoms with Crippen LogP contribution in [0.5, 0.6) is 0 Å². The molecule has 1 aromatic carbocycles. The molecule has 1 aliphatic rings. The zero-order valence-corrected chi connectivity index (χ0v) is 13.2. The van der Waals surface area contributed by atoms with Gasteiger partial charge in [0.25, 0.3) is 0 Å². The maximum atomic E-state index is 13.8. The van der Waals surface area contributed by atoms with Crippen LogP contribution < -0.4 is 5.32 Å². The lowest BCUT2D eigenvalue weighted by molar-refractivity contribution is 0.167. The lowest BCUT2D eigenvalue weighted by Crippen LogP contribution is -2.53. The van der Waals surface area contributed by atoms with Gasteiger partial charge in [0, 0.05) is 43.3 Å². The van der Waals surface area contributed by atoms with Gasteiger partial charge in [-0.15, -0.1) is 12.4 Å². The number of halogens is 2. The second-order valence-electron chi connectivity index (χ2n) is 5.77. The fourth-order valence-electron chi connectivity index (χ4n) is 3.13. The van der Waals surface area contributed by atoms with Crippen LogP contribution in [0.15, 0.2) is 30.5 Å². The molecule has 0 amide bonds. The molecule has 5 heteroatoms. The Balaban J connectivity index is 0.00000161. The lowest BCUT2D eigenvalue weighted by Gasteiger charge is -2.36. The second kappa shape index (κ2) is 6.69. The third-order valence-electron chi connectivity index (χ3n) is 3.83. The summed E-state index contributed by atoms with van der Waals surface area (Å²) in [4.78, 5) is 6.77. The SMILES string of the molecule is CC1CN(Cc2ccc(F)c3cccnc23)CC(C)N1.Cl. The Labute approximate surface area is 131 Å². The van der Waals surface area contributed by atoms with E-state index >= 15 is 0 Å². The lowest BCUT2D eigenvalue weighted by atomic mass is 10.1. The van der Waals surface area contributed by atoms with Crippen LogP contribution in [0.1, 0.15) is 19.4 Å². The van der Waals surface area contributed by atoms with E-state index < -0.39 is 0 Å². The third-order valence-corrected chi connectivity index (χ3v) is 3.83. The zero-order valence-electron chi connectivity index (χ0n) is 12.3. The minimum atomic E-state index is -0.195. The van der Waals surface area contributed by atoms with Gasteiger partial charge in [0.1, 0.15) is 5.82 Å². The summed E-state index contributed by atoms with van der Waals surface area (Å²) in [7, 11) is 0. The van der Waals surface area contributed by atoms with E-state index in [0.717, 1.165) is 30.7 Å². The average molecular weight is 310 g/mol. The fourth-order valence-corrected chi connectivity index (χ4v) is 3.13. The molecule has 0 radical (unpaired) electrons. The predicted octanol–water partition coefficient (Wildman–Crippen LogP) is 2.98. The molecule has 3 nitrogen and oxygen atoms in total. The number of benzene rings is 1. The molecule has 1 aromatic heterocycles. The largest absolute Gasteiger partial charge is 0.309 e. The van der Waals surface area contributed by atoms with Gasteiger partial charge in [-0.05, 0) is 37.6 Å². The minimum Gasteiger partial charge on any atom is -0.309 e. The molecule has 0 aliphatic carbocycles. The van der Waals surface area contributed by atoms with Crippen molar-refractivity contribution in [3.63, 3.8) is 0 Å². The van der Waals surface area contributed by atoms with Crippen molar-refractivity contribution in [1.82, 2.24) is 15.2 Å². The summed E-state index contributed by atoms with van der Waals surface area (Å²) >= 11 is 0. The van der Waals surface area contributed by atoms with Crippen molar-refractivity contribution in [2.24, 2.45) is 0 Å². The molecule has 2 unspecified atom stereocenters. The topological polar surface area (TPSA) is 28.2 Å². The molecule has 1 fully saturated rings. The zero-order chi connectivity index (χ0) is 14.1. The summed E-state index contributed by atoms with van der Waals surface area (Å²) in [5.74, 6) is -0.195. The fraction of sp³-hybridized carbons (Fsp3) is 0.438. The number of fused-ring (bicyclic) bond motifs is 1. The highest BCUT2D eigenvalue weighted by Crippen LogP contribution is 2.21. The molecule has 1 N–H and O–H groups in total. The van der Waals surface area contributed by atoms with E-state index in [2.05, 4.69) is 29.0 Å². The summed E-state index contributed by atoms with van der Waals surface area (Å²) in [6.45, 7) is 7.24. The first-order valence-electron chi connectivity index (χ1n) is 7.14. The number of nitrogens with one attached hydrogen (secondary N) is 1. The van der Waals surface area contributed by atoms with E-state index in [0.29, 0.717) is 17.5 Å². The van der Waals surface area contributed by atoms with Crippen LogP contribution in [0.4, 0.5) is 4.39 Å². The molecule has 1 aliphatic heterocycles. The van der Waals surface area contributed by atoms with Crippen LogP contribution in [0.25, 0.3) is 10.9 Å². The first kappa shape index (κ1) is 16.1. The van der Waals surface area contributed by atoms with Gasteiger partial charge >= 0.3 is 0 Å². The summed E-state index contributed by atoms with van der Waals surface area (Å²) in [6, 6.07) is 7.96. The van der Waals surface area contributed by atoms with Crippen molar-refractivity contribution in [2.45, 2.75) is 32.5 Å². The standard InChI is InChI=1S/C16H20FN3.ClH/c1-11-8-20(9-12(2)19-11)10-13-5-6-15(17)14-4-3-7-18-16(13)14;/h3-7,11-12,19H,8-10H2,1-2H3;1H. The summed E-state index contributed by atoms with van der Waals surface area (Å²) in [5.41, 5.74) is 1.88. The van der Waals surface area contributed by atoms with Gasteiger partial charge in [-0.2, -0.15) is 0 Å². The number of nitrogens with zero attached hydrogens (tertiary/aromatic N) is 2. The molecular formula is C16H21ClFN3. The summed E-state index contributed by atoms with van der Waals surface area (Å²) in [5, 5.41) is 4.14. The third kappa shape index (κ3) is 3.51. The van der Waals surface area contributed by atoms with E-state index in [4.69, 9.17) is 0 Å². The second-order valence-corrected chi connectivity index (χ2v) is 5.77. The van der Waals surface area contributed by atoms with E-state index in [-0.39, 0.29) is 18.2 Å². The quantitative estimate of drug-likeness (QED) is 0.924. The van der Waals surface area contributed by atoms with E-state index in [1.54, 1.807) is 24.4 Å². The van der Waals surface area contributed by atoms with E-state index in [1.807, 2.05) is 6.07 Å². The van der Waals surface area contributed by atoms with Gasteiger partial charge in [0.15, 0.2) is 0 Å². The molecule has 2 atom stereocenters. The van der Waals surface area contributed by atoms with Crippen molar-refractivity contribution in [3.05, 3.63) is 41.8 Å². The molecule has 3 rings (SSSR count). The number of piperazine rings is 1. The van der Waals surface area contributed by atoms with Gasteiger partial charge in [-0.1, -0.05) is 6.07 Å². The van der Waals surface area contributed by atoms with Crippen LogP contribution in [-0.4, -0.2) is 35.1 Å². The van der Waals surface area contributed by atoms with Crippen molar-refractivity contribution in [1.29, 1.82) is 0 Å². The van der Waals surface area contributed by atoms with Crippen molar-refractivity contribution in [3.8, 4) is 0 Å². The summed E-state index contributed by atoms with van der Waals surface area (Å²) in [6.07, 6.45) is 1.73. The maximum absolute atomic E-state index is 13.8. The smallest absolute Gasteiger partial charge is 0.132 e. The minimum absolute atomic E-state index is 0. The van der Waals surface area contributed by atoms with Gasteiger partial charge < -0.3 is 5.32 Å². The Bertz CT molecular complexity index is 609. The maximum Gasteiger partial charge on any atom is 0.132 e. The summed E-state index contributed by atoms with van der Waals surface area (Å²) < 4.78 is 13.8. The van der Waals surface area contributed by atoms with Gasteiger partial charge in [-0.3, -0.25) is 9.88 Å². The number of pyridine rings is 1. The molecule has 2 aromatic rings. The van der Waals surface area contributed by atoms with E-state index in [9.17, 15) is 4.39 Å². The number of rotatable bonds is 2. The normalized spacial score (nSPS) is 23.0. The molecule has 1 saturated heterocycles. The highest BCUT2D eigenvalue weighted by molar-refractivity contribution is 5.85. The first-order valence-corrected chi connectivity index (χ1v) is 7.14. The molecule has 0 spiro atoms.